The fourth-order valence-electron chi connectivity index (χ4n) is 1.18. The third kappa shape index (κ3) is 4.29. The predicted octanol–water partition coefficient (Wildman–Crippen LogP) is 2.55. The van der Waals surface area contributed by atoms with E-state index in [1.807, 2.05) is 0 Å². The van der Waals surface area contributed by atoms with Gasteiger partial charge in [0.25, 0.3) is 0 Å². The highest BCUT2D eigenvalue weighted by atomic mass is 16.3. The number of hydrogen-bond donors (Lipinski definition) is 2. The Bertz CT molecular complexity index is 370. The second-order valence-corrected chi connectivity index (χ2v) is 4.98. The molecule has 0 unspecified atom stereocenters. The molecule has 16 heavy (non-hydrogen) atoms. The Balaban J connectivity index is 2.50. The fraction of sp³-hybridized carbons (Fsp3) is 0.500. The number of nitrogens with one attached hydrogen (secondary N) is 1. The zero-order chi connectivity index (χ0) is 12.2. The molecule has 1 amide bonds. The van der Waals surface area contributed by atoms with Crippen LogP contribution in [0.2, 0.25) is 0 Å². The van der Waals surface area contributed by atoms with Gasteiger partial charge in [0.05, 0.1) is 0 Å². The Labute approximate surface area is 95.7 Å². The summed E-state index contributed by atoms with van der Waals surface area (Å²) in [5.74, 6) is 0.0944. The van der Waals surface area contributed by atoms with Crippen LogP contribution in [0.4, 0.5) is 5.82 Å². The highest BCUT2D eigenvalue weighted by molar-refractivity contribution is 5.90. The summed E-state index contributed by atoms with van der Waals surface area (Å²) in [7, 11) is 0. The summed E-state index contributed by atoms with van der Waals surface area (Å²) >= 11 is 0. The van der Waals surface area contributed by atoms with E-state index in [4.69, 9.17) is 0 Å². The van der Waals surface area contributed by atoms with Crippen LogP contribution in [-0.2, 0) is 4.79 Å². The van der Waals surface area contributed by atoms with E-state index in [2.05, 4.69) is 31.1 Å². The van der Waals surface area contributed by atoms with Crippen molar-refractivity contribution in [3.8, 4) is 5.75 Å². The van der Waals surface area contributed by atoms with Gasteiger partial charge in [-0.1, -0.05) is 20.8 Å². The van der Waals surface area contributed by atoms with Crippen LogP contribution < -0.4 is 5.32 Å². The minimum atomic E-state index is -0.121. The lowest BCUT2D eigenvalue weighted by Crippen LogP contribution is -2.16. The normalized spacial score (nSPS) is 11.2. The number of rotatable bonds is 3. The Hall–Kier alpha value is -1.58. The lowest BCUT2D eigenvalue weighted by molar-refractivity contribution is -0.116. The van der Waals surface area contributed by atoms with Gasteiger partial charge in [-0.15, -0.1) is 0 Å². The molecule has 0 aliphatic carbocycles. The van der Waals surface area contributed by atoms with E-state index in [1.54, 1.807) is 6.07 Å². The molecule has 0 radical (unpaired) electrons. The molecule has 0 atom stereocenters. The molecule has 0 saturated heterocycles. The largest absolute Gasteiger partial charge is 0.504 e. The molecule has 0 aliphatic heterocycles. The van der Waals surface area contributed by atoms with Crippen molar-refractivity contribution in [1.82, 2.24) is 4.98 Å². The van der Waals surface area contributed by atoms with Crippen LogP contribution >= 0.6 is 0 Å². The first-order chi connectivity index (χ1) is 7.38. The SMILES string of the molecule is CC(C)(C)CCC(=O)Nc1ncccc1O. The molecule has 4 nitrogen and oxygen atoms in total. The third-order valence-electron chi connectivity index (χ3n) is 2.15. The number of carbonyl (C=O) groups excluding carboxylic acids is 1. The maximum absolute atomic E-state index is 11.5. The number of aromatic nitrogens is 1. The molecule has 88 valence electrons. The second-order valence-electron chi connectivity index (χ2n) is 4.98. The van der Waals surface area contributed by atoms with Gasteiger partial charge < -0.3 is 10.4 Å². The number of anilines is 1. The van der Waals surface area contributed by atoms with Crippen molar-refractivity contribution in [2.75, 3.05) is 5.32 Å². The van der Waals surface area contributed by atoms with E-state index >= 15 is 0 Å². The molecule has 1 rings (SSSR count). The summed E-state index contributed by atoms with van der Waals surface area (Å²) in [6, 6.07) is 3.10. The van der Waals surface area contributed by atoms with E-state index in [-0.39, 0.29) is 22.9 Å². The van der Waals surface area contributed by atoms with E-state index in [9.17, 15) is 9.90 Å². The molecule has 0 bridgehead atoms. The first-order valence-electron chi connectivity index (χ1n) is 5.32. The molecule has 1 aromatic rings. The molecule has 0 aliphatic rings. The van der Waals surface area contributed by atoms with Crippen molar-refractivity contribution in [3.63, 3.8) is 0 Å². The predicted molar refractivity (Wildman–Crippen MR) is 63.2 cm³/mol. The van der Waals surface area contributed by atoms with Gasteiger partial charge >= 0.3 is 0 Å². The molecule has 0 spiro atoms. The van der Waals surface area contributed by atoms with Crippen molar-refractivity contribution < 1.29 is 9.90 Å². The van der Waals surface area contributed by atoms with E-state index in [0.717, 1.165) is 6.42 Å². The average molecular weight is 222 g/mol. The molecular formula is C12H18N2O2. The summed E-state index contributed by atoms with van der Waals surface area (Å²) in [5, 5.41) is 12.0. The van der Waals surface area contributed by atoms with Crippen LogP contribution in [0.1, 0.15) is 33.6 Å². The molecule has 1 aromatic heterocycles. The molecule has 1 heterocycles. The Kier molecular flexibility index (Phi) is 3.88. The minimum absolute atomic E-state index is 0.00777. The molecule has 0 fully saturated rings. The van der Waals surface area contributed by atoms with Crippen molar-refractivity contribution in [2.45, 2.75) is 33.6 Å². The Morgan fingerprint density at radius 1 is 1.50 bits per heavy atom. The quantitative estimate of drug-likeness (QED) is 0.826. The summed E-state index contributed by atoms with van der Waals surface area (Å²) in [6.07, 6.45) is 2.75. The van der Waals surface area contributed by atoms with Crippen LogP contribution in [0.15, 0.2) is 18.3 Å². The summed E-state index contributed by atoms with van der Waals surface area (Å²) in [4.78, 5) is 15.4. The van der Waals surface area contributed by atoms with Crippen molar-refractivity contribution in [1.29, 1.82) is 0 Å². The van der Waals surface area contributed by atoms with Crippen LogP contribution in [0.5, 0.6) is 5.75 Å². The lowest BCUT2D eigenvalue weighted by Gasteiger charge is -2.17. The second kappa shape index (κ2) is 4.96. The van der Waals surface area contributed by atoms with Crippen molar-refractivity contribution in [3.05, 3.63) is 18.3 Å². The van der Waals surface area contributed by atoms with Crippen molar-refractivity contribution >= 4 is 11.7 Å². The van der Waals surface area contributed by atoms with Gasteiger partial charge in [0, 0.05) is 12.6 Å². The molecule has 2 N–H and O–H groups in total. The van der Waals surface area contributed by atoms with Crippen LogP contribution in [0.25, 0.3) is 0 Å². The van der Waals surface area contributed by atoms with Gasteiger partial charge in [0.1, 0.15) is 0 Å². The fourth-order valence-corrected chi connectivity index (χ4v) is 1.18. The van der Waals surface area contributed by atoms with Crippen LogP contribution in [0.3, 0.4) is 0 Å². The Morgan fingerprint density at radius 3 is 2.75 bits per heavy atom. The molecule has 0 aromatic carbocycles. The number of nitrogens with zero attached hydrogens (tertiary/aromatic N) is 1. The topological polar surface area (TPSA) is 62.2 Å². The molecule has 0 saturated carbocycles. The number of amides is 1. The summed E-state index contributed by atoms with van der Waals surface area (Å²) in [6.45, 7) is 6.25. The average Bonchev–Trinajstić information content (AvgIpc) is 2.18. The maximum Gasteiger partial charge on any atom is 0.225 e. The monoisotopic (exact) mass is 222 g/mol. The molecule has 4 heteroatoms. The summed E-state index contributed by atoms with van der Waals surface area (Å²) < 4.78 is 0. The highest BCUT2D eigenvalue weighted by Crippen LogP contribution is 2.22. The smallest absolute Gasteiger partial charge is 0.225 e. The Morgan fingerprint density at radius 2 is 2.19 bits per heavy atom. The van der Waals surface area contributed by atoms with Gasteiger partial charge in [-0.3, -0.25) is 4.79 Å². The van der Waals surface area contributed by atoms with Gasteiger partial charge in [-0.25, -0.2) is 4.98 Å². The number of pyridine rings is 1. The lowest BCUT2D eigenvalue weighted by atomic mass is 9.90. The van der Waals surface area contributed by atoms with Crippen LogP contribution in [-0.4, -0.2) is 16.0 Å². The highest BCUT2D eigenvalue weighted by Gasteiger charge is 2.13. The zero-order valence-electron chi connectivity index (χ0n) is 9.95. The zero-order valence-corrected chi connectivity index (χ0v) is 9.95. The first kappa shape index (κ1) is 12.5. The maximum atomic E-state index is 11.5. The first-order valence-corrected chi connectivity index (χ1v) is 5.32. The third-order valence-corrected chi connectivity index (χ3v) is 2.15. The van der Waals surface area contributed by atoms with E-state index in [0.29, 0.717) is 6.42 Å². The van der Waals surface area contributed by atoms with Crippen LogP contribution in [0, 0.1) is 5.41 Å². The van der Waals surface area contributed by atoms with Gasteiger partial charge in [-0.2, -0.15) is 0 Å². The molecular weight excluding hydrogens is 204 g/mol. The van der Waals surface area contributed by atoms with Crippen molar-refractivity contribution in [2.24, 2.45) is 5.41 Å². The van der Waals surface area contributed by atoms with E-state index in [1.165, 1.54) is 12.3 Å². The summed E-state index contributed by atoms with van der Waals surface area (Å²) in [5.41, 5.74) is 0.128. The minimum Gasteiger partial charge on any atom is -0.504 e. The standard InChI is InChI=1S/C12H18N2O2/c1-12(2,3)7-6-10(16)14-11-9(15)5-4-8-13-11/h4-5,8,15H,6-7H2,1-3H3,(H,13,14,16). The van der Waals surface area contributed by atoms with Gasteiger partial charge in [-0.05, 0) is 24.0 Å². The van der Waals surface area contributed by atoms with Gasteiger partial charge in [0.15, 0.2) is 11.6 Å². The number of aromatic hydroxyl groups is 1. The number of carbonyl (C=O) groups is 1. The van der Waals surface area contributed by atoms with Gasteiger partial charge in [0.2, 0.25) is 5.91 Å². The number of hydrogen-bond acceptors (Lipinski definition) is 3. The van der Waals surface area contributed by atoms with E-state index < -0.39 is 0 Å².